The molecule has 0 radical (unpaired) electrons. The molecule has 0 aliphatic carbocycles. The molecule has 1 aromatic rings. The smallest absolute Gasteiger partial charge is 0.241 e. The Labute approximate surface area is 149 Å². The second-order valence-electron chi connectivity index (χ2n) is 6.15. The lowest BCUT2D eigenvalue weighted by atomic mass is 10.1. The Kier molecular flexibility index (Phi) is 7.13. The zero-order valence-corrected chi connectivity index (χ0v) is 16.0. The van der Waals surface area contributed by atoms with Crippen molar-refractivity contribution in [3.05, 3.63) is 29.8 Å². The van der Waals surface area contributed by atoms with Gasteiger partial charge in [0.1, 0.15) is 6.04 Å². The highest BCUT2D eigenvalue weighted by molar-refractivity contribution is 7.98. The quantitative estimate of drug-likeness (QED) is 0.800. The molecule has 1 fully saturated rings. The Bertz CT molecular complexity index is 638. The molecule has 1 heterocycles. The van der Waals surface area contributed by atoms with Crippen LogP contribution in [0.3, 0.4) is 0 Å². The molecule has 1 aliphatic rings. The Morgan fingerprint density at radius 2 is 1.83 bits per heavy atom. The molecule has 1 saturated heterocycles. The van der Waals surface area contributed by atoms with Gasteiger partial charge in [0.2, 0.25) is 15.9 Å². The largest absolute Gasteiger partial charge is 0.341 e. The van der Waals surface area contributed by atoms with Gasteiger partial charge in [0.15, 0.2) is 0 Å². The van der Waals surface area contributed by atoms with Crippen LogP contribution in [0.4, 0.5) is 0 Å². The number of aryl methyl sites for hydroxylation is 1. The molecule has 134 valence electrons. The summed E-state index contributed by atoms with van der Waals surface area (Å²) in [7, 11) is -3.70. The molecule has 1 aromatic carbocycles. The predicted molar refractivity (Wildman–Crippen MR) is 98.7 cm³/mol. The van der Waals surface area contributed by atoms with Crippen molar-refractivity contribution in [3.63, 3.8) is 0 Å². The highest BCUT2D eigenvalue weighted by Gasteiger charge is 2.29. The van der Waals surface area contributed by atoms with Gasteiger partial charge in [0.05, 0.1) is 4.90 Å². The van der Waals surface area contributed by atoms with Gasteiger partial charge in [-0.15, -0.1) is 0 Å². The summed E-state index contributed by atoms with van der Waals surface area (Å²) >= 11 is 1.61. The normalized spacial score (nSPS) is 16.8. The fourth-order valence-electron chi connectivity index (χ4n) is 2.78. The van der Waals surface area contributed by atoms with E-state index in [1.807, 2.05) is 13.2 Å². The number of rotatable bonds is 7. The molecule has 1 aliphatic heterocycles. The van der Waals surface area contributed by atoms with E-state index in [4.69, 9.17) is 0 Å². The van der Waals surface area contributed by atoms with Crippen LogP contribution in [-0.4, -0.2) is 50.4 Å². The first kappa shape index (κ1) is 19.3. The van der Waals surface area contributed by atoms with Gasteiger partial charge in [-0.1, -0.05) is 17.7 Å². The highest BCUT2D eigenvalue weighted by Crippen LogP contribution is 2.16. The summed E-state index contributed by atoms with van der Waals surface area (Å²) in [5.41, 5.74) is 0.997. The molecule has 7 heteroatoms. The number of hydrogen-bond donors (Lipinski definition) is 1. The Morgan fingerprint density at radius 3 is 2.42 bits per heavy atom. The maximum Gasteiger partial charge on any atom is 0.241 e. The number of piperidine rings is 1. The van der Waals surface area contributed by atoms with Crippen LogP contribution in [0, 0.1) is 6.92 Å². The van der Waals surface area contributed by atoms with Gasteiger partial charge in [0.25, 0.3) is 0 Å². The third kappa shape index (κ3) is 5.22. The van der Waals surface area contributed by atoms with Crippen LogP contribution in [-0.2, 0) is 14.8 Å². The minimum absolute atomic E-state index is 0.0977. The fourth-order valence-corrected chi connectivity index (χ4v) is 4.47. The summed E-state index contributed by atoms with van der Waals surface area (Å²) in [4.78, 5) is 14.8. The van der Waals surface area contributed by atoms with E-state index >= 15 is 0 Å². The molecule has 0 saturated carbocycles. The molecule has 5 nitrogen and oxygen atoms in total. The Hall–Kier alpha value is -1.05. The zero-order chi connectivity index (χ0) is 17.6. The van der Waals surface area contributed by atoms with Gasteiger partial charge in [-0.2, -0.15) is 16.5 Å². The van der Waals surface area contributed by atoms with E-state index in [0.29, 0.717) is 6.42 Å². The Morgan fingerprint density at radius 1 is 1.21 bits per heavy atom. The van der Waals surface area contributed by atoms with Crippen molar-refractivity contribution in [1.29, 1.82) is 0 Å². The van der Waals surface area contributed by atoms with Crippen LogP contribution in [0.15, 0.2) is 29.2 Å². The maximum absolute atomic E-state index is 12.8. The summed E-state index contributed by atoms with van der Waals surface area (Å²) in [5.74, 6) is 0.639. The number of carbonyl (C=O) groups excluding carboxylic acids is 1. The number of sulfonamides is 1. The third-order valence-corrected chi connectivity index (χ3v) is 6.34. The summed E-state index contributed by atoms with van der Waals surface area (Å²) < 4.78 is 27.9. The molecule has 24 heavy (non-hydrogen) atoms. The first-order chi connectivity index (χ1) is 11.4. The van der Waals surface area contributed by atoms with Gasteiger partial charge in [-0.3, -0.25) is 4.79 Å². The minimum Gasteiger partial charge on any atom is -0.341 e. The van der Waals surface area contributed by atoms with Crippen LogP contribution >= 0.6 is 11.8 Å². The molecule has 1 atom stereocenters. The number of carbonyl (C=O) groups is 1. The number of nitrogens with zero attached hydrogens (tertiary/aromatic N) is 1. The highest BCUT2D eigenvalue weighted by atomic mass is 32.2. The fraction of sp³-hybridized carbons (Fsp3) is 0.588. The third-order valence-electron chi connectivity index (χ3n) is 4.21. The molecular weight excluding hydrogens is 344 g/mol. The van der Waals surface area contributed by atoms with Gasteiger partial charge in [-0.05, 0) is 56.7 Å². The van der Waals surface area contributed by atoms with E-state index in [0.717, 1.165) is 43.7 Å². The van der Waals surface area contributed by atoms with Crippen LogP contribution < -0.4 is 4.72 Å². The number of amides is 1. The molecule has 0 bridgehead atoms. The topological polar surface area (TPSA) is 66.5 Å². The van der Waals surface area contributed by atoms with E-state index in [2.05, 4.69) is 4.72 Å². The molecular formula is C17H26N2O3S2. The van der Waals surface area contributed by atoms with E-state index in [1.54, 1.807) is 40.9 Å². The van der Waals surface area contributed by atoms with Gasteiger partial charge in [0, 0.05) is 13.1 Å². The summed E-state index contributed by atoms with van der Waals surface area (Å²) in [6, 6.07) is 5.99. The summed E-state index contributed by atoms with van der Waals surface area (Å²) in [6.07, 6.45) is 5.57. The molecule has 1 N–H and O–H groups in total. The summed E-state index contributed by atoms with van der Waals surface area (Å²) in [6.45, 7) is 3.35. The average molecular weight is 371 g/mol. The number of hydrogen-bond acceptors (Lipinski definition) is 4. The van der Waals surface area contributed by atoms with Gasteiger partial charge < -0.3 is 4.90 Å². The van der Waals surface area contributed by atoms with E-state index in [9.17, 15) is 13.2 Å². The lowest BCUT2D eigenvalue weighted by Gasteiger charge is -2.30. The van der Waals surface area contributed by atoms with Crippen LogP contribution in [0.2, 0.25) is 0 Å². The number of benzene rings is 1. The van der Waals surface area contributed by atoms with Crippen LogP contribution in [0.5, 0.6) is 0 Å². The van der Waals surface area contributed by atoms with Crippen molar-refractivity contribution in [3.8, 4) is 0 Å². The molecule has 2 rings (SSSR count). The van der Waals surface area contributed by atoms with Crippen molar-refractivity contribution in [2.45, 2.75) is 43.5 Å². The Balaban J connectivity index is 2.14. The zero-order valence-electron chi connectivity index (χ0n) is 14.3. The van der Waals surface area contributed by atoms with Crippen molar-refractivity contribution < 1.29 is 13.2 Å². The van der Waals surface area contributed by atoms with Crippen LogP contribution in [0.1, 0.15) is 31.2 Å². The van der Waals surface area contributed by atoms with Crippen molar-refractivity contribution in [2.24, 2.45) is 0 Å². The first-order valence-corrected chi connectivity index (χ1v) is 11.2. The van der Waals surface area contributed by atoms with Crippen molar-refractivity contribution in [1.82, 2.24) is 9.62 Å². The monoisotopic (exact) mass is 370 g/mol. The molecule has 0 aromatic heterocycles. The number of thioether (sulfide) groups is 1. The number of likely N-dealkylation sites (tertiary alicyclic amines) is 1. The first-order valence-electron chi connectivity index (χ1n) is 8.31. The van der Waals surface area contributed by atoms with E-state index in [-0.39, 0.29) is 10.8 Å². The molecule has 1 amide bonds. The van der Waals surface area contributed by atoms with E-state index < -0.39 is 16.1 Å². The standard InChI is InChI=1S/C17H26N2O3S2/c1-14-6-8-15(9-7-14)24(21,22)18-16(10-13-23-2)17(20)19-11-4-3-5-12-19/h6-9,16,18H,3-5,10-13H2,1-2H3. The second-order valence-corrected chi connectivity index (χ2v) is 8.85. The lowest BCUT2D eigenvalue weighted by Crippen LogP contribution is -2.50. The minimum atomic E-state index is -3.70. The summed E-state index contributed by atoms with van der Waals surface area (Å²) in [5, 5.41) is 0. The maximum atomic E-state index is 12.8. The SMILES string of the molecule is CSCCC(NS(=O)(=O)c1ccc(C)cc1)C(=O)N1CCCCC1. The van der Waals surface area contributed by atoms with Gasteiger partial charge in [-0.25, -0.2) is 8.42 Å². The predicted octanol–water partition coefficient (Wildman–Crippen LogP) is 2.41. The lowest BCUT2D eigenvalue weighted by molar-refractivity contribution is -0.133. The van der Waals surface area contributed by atoms with E-state index in [1.165, 1.54) is 0 Å². The average Bonchev–Trinajstić information content (AvgIpc) is 2.59. The molecule has 1 unspecified atom stereocenters. The van der Waals surface area contributed by atoms with Crippen molar-refractivity contribution >= 4 is 27.7 Å². The van der Waals surface area contributed by atoms with Gasteiger partial charge >= 0.3 is 0 Å². The second kappa shape index (κ2) is 8.87. The van der Waals surface area contributed by atoms with Crippen molar-refractivity contribution in [2.75, 3.05) is 25.1 Å². The van der Waals surface area contributed by atoms with Crippen LogP contribution in [0.25, 0.3) is 0 Å². The number of nitrogens with one attached hydrogen (secondary N) is 1. The molecule has 0 spiro atoms.